The van der Waals surface area contributed by atoms with E-state index in [0.29, 0.717) is 5.76 Å². The minimum absolute atomic E-state index is 0.235. The molecule has 4 rings (SSSR count). The number of likely N-dealkylation sites (tertiary alicyclic amines) is 1. The number of pyridine rings is 1. The molecule has 0 saturated carbocycles. The Morgan fingerprint density at radius 2 is 2.04 bits per heavy atom. The van der Waals surface area contributed by atoms with E-state index < -0.39 is 0 Å². The molecule has 25 heavy (non-hydrogen) atoms. The van der Waals surface area contributed by atoms with Crippen LogP contribution in [0.25, 0.3) is 10.9 Å². The first kappa shape index (κ1) is 15.8. The lowest BCUT2D eigenvalue weighted by atomic mass is 10.1. The normalized spacial score (nSPS) is 14.9. The molecule has 5 nitrogen and oxygen atoms in total. The third kappa shape index (κ3) is 3.28. The molecule has 0 bridgehead atoms. The van der Waals surface area contributed by atoms with Crippen LogP contribution < -0.4 is 5.32 Å². The van der Waals surface area contributed by atoms with Crippen molar-refractivity contribution in [2.24, 2.45) is 0 Å². The average Bonchev–Trinajstić information content (AvgIpc) is 3.30. The smallest absolute Gasteiger partial charge is 0.291 e. The van der Waals surface area contributed by atoms with E-state index in [1.54, 1.807) is 12.3 Å². The van der Waals surface area contributed by atoms with Gasteiger partial charge in [0.05, 0.1) is 17.7 Å². The number of amides is 1. The largest absolute Gasteiger partial charge is 0.455 e. The second kappa shape index (κ2) is 6.69. The van der Waals surface area contributed by atoms with Crippen LogP contribution in [0.4, 0.5) is 5.69 Å². The van der Waals surface area contributed by atoms with Crippen LogP contribution in [0.3, 0.4) is 0 Å². The molecule has 0 spiro atoms. The van der Waals surface area contributed by atoms with Crippen LogP contribution >= 0.6 is 0 Å². The Hall–Kier alpha value is -2.66. The Bertz CT molecular complexity index is 910. The van der Waals surface area contributed by atoms with Gasteiger partial charge in [-0.05, 0) is 68.8 Å². The summed E-state index contributed by atoms with van der Waals surface area (Å²) < 4.78 is 5.75. The van der Waals surface area contributed by atoms with E-state index in [1.165, 1.54) is 12.8 Å². The lowest BCUT2D eigenvalue weighted by Crippen LogP contribution is -2.18. The predicted molar refractivity (Wildman–Crippen MR) is 97.7 cm³/mol. The third-order valence-electron chi connectivity index (χ3n) is 4.68. The topological polar surface area (TPSA) is 58.4 Å². The molecule has 5 heteroatoms. The summed E-state index contributed by atoms with van der Waals surface area (Å²) >= 11 is 0. The Balaban J connectivity index is 1.52. The van der Waals surface area contributed by atoms with Crippen LogP contribution in [-0.2, 0) is 6.54 Å². The fourth-order valence-corrected chi connectivity index (χ4v) is 3.35. The van der Waals surface area contributed by atoms with Gasteiger partial charge in [0.2, 0.25) is 0 Å². The van der Waals surface area contributed by atoms with E-state index in [2.05, 4.69) is 15.2 Å². The molecule has 3 aromatic rings. The number of carbonyl (C=O) groups excluding carboxylic acids is 1. The highest BCUT2D eigenvalue weighted by Gasteiger charge is 2.17. The molecule has 3 heterocycles. The summed E-state index contributed by atoms with van der Waals surface area (Å²) in [6.07, 6.45) is 4.24. The number of nitrogens with zero attached hydrogens (tertiary/aromatic N) is 2. The van der Waals surface area contributed by atoms with Crippen LogP contribution in [0, 0.1) is 6.92 Å². The first-order valence-electron chi connectivity index (χ1n) is 8.67. The second-order valence-electron chi connectivity index (χ2n) is 6.53. The van der Waals surface area contributed by atoms with Crippen LogP contribution in [0.15, 0.2) is 47.0 Å². The quantitative estimate of drug-likeness (QED) is 0.783. The van der Waals surface area contributed by atoms with Gasteiger partial charge in [-0.15, -0.1) is 0 Å². The lowest BCUT2D eigenvalue weighted by Gasteiger charge is -2.12. The first-order chi connectivity index (χ1) is 12.2. The summed E-state index contributed by atoms with van der Waals surface area (Å²) in [5.74, 6) is 0.941. The van der Waals surface area contributed by atoms with Gasteiger partial charge in [0.25, 0.3) is 5.91 Å². The Labute approximate surface area is 146 Å². The standard InChI is InChI=1S/C20H21N3O2/c1-14-6-8-17(16-5-4-10-21-19(14)16)22-20(24)18-9-7-15(25-18)13-23-11-2-3-12-23/h4-10H,2-3,11-13H2,1H3,(H,22,24). The van der Waals surface area contributed by atoms with Crippen LogP contribution in [0.2, 0.25) is 0 Å². The van der Waals surface area contributed by atoms with E-state index in [9.17, 15) is 4.79 Å². The van der Waals surface area contributed by atoms with Crippen molar-refractivity contribution in [2.45, 2.75) is 26.3 Å². The van der Waals surface area contributed by atoms with Crippen molar-refractivity contribution in [1.29, 1.82) is 0 Å². The number of benzene rings is 1. The Morgan fingerprint density at radius 1 is 1.20 bits per heavy atom. The molecule has 2 aromatic heterocycles. The summed E-state index contributed by atoms with van der Waals surface area (Å²) in [4.78, 5) is 19.3. The molecule has 128 valence electrons. The number of fused-ring (bicyclic) bond motifs is 1. The number of rotatable bonds is 4. The number of furan rings is 1. The van der Waals surface area contributed by atoms with Crippen molar-refractivity contribution >= 4 is 22.5 Å². The summed E-state index contributed by atoms with van der Waals surface area (Å²) in [7, 11) is 0. The Kier molecular flexibility index (Phi) is 4.24. The van der Waals surface area contributed by atoms with Crippen molar-refractivity contribution in [1.82, 2.24) is 9.88 Å². The van der Waals surface area contributed by atoms with Gasteiger partial charge in [-0.25, -0.2) is 0 Å². The number of aromatic nitrogens is 1. The molecule has 0 aliphatic carbocycles. The zero-order valence-electron chi connectivity index (χ0n) is 14.3. The molecule has 1 N–H and O–H groups in total. The van der Waals surface area contributed by atoms with Gasteiger partial charge in [-0.3, -0.25) is 14.7 Å². The number of hydrogen-bond donors (Lipinski definition) is 1. The maximum Gasteiger partial charge on any atom is 0.291 e. The number of hydrogen-bond acceptors (Lipinski definition) is 4. The van der Waals surface area contributed by atoms with E-state index in [-0.39, 0.29) is 5.91 Å². The van der Waals surface area contributed by atoms with Crippen molar-refractivity contribution < 1.29 is 9.21 Å². The lowest BCUT2D eigenvalue weighted by molar-refractivity contribution is 0.0993. The summed E-state index contributed by atoms with van der Waals surface area (Å²) in [5.41, 5.74) is 2.73. The molecule has 1 aliphatic rings. The third-order valence-corrected chi connectivity index (χ3v) is 4.68. The molecule has 1 aliphatic heterocycles. The van der Waals surface area contributed by atoms with E-state index >= 15 is 0 Å². The maximum atomic E-state index is 12.6. The van der Waals surface area contributed by atoms with Gasteiger partial charge < -0.3 is 9.73 Å². The first-order valence-corrected chi connectivity index (χ1v) is 8.67. The van der Waals surface area contributed by atoms with Crippen LogP contribution in [0.5, 0.6) is 0 Å². The molecule has 0 radical (unpaired) electrons. The van der Waals surface area contributed by atoms with Crippen molar-refractivity contribution in [3.63, 3.8) is 0 Å². The highest BCUT2D eigenvalue weighted by molar-refractivity contribution is 6.07. The number of nitrogens with one attached hydrogen (secondary N) is 1. The molecule has 1 fully saturated rings. The van der Waals surface area contributed by atoms with Gasteiger partial charge in [0, 0.05) is 11.6 Å². The molecule has 0 atom stereocenters. The number of anilines is 1. The molecular weight excluding hydrogens is 314 g/mol. The summed E-state index contributed by atoms with van der Waals surface area (Å²) in [5, 5.41) is 3.88. The number of carbonyl (C=O) groups is 1. The zero-order valence-corrected chi connectivity index (χ0v) is 14.3. The summed E-state index contributed by atoms with van der Waals surface area (Å²) in [6, 6.07) is 11.3. The minimum Gasteiger partial charge on any atom is -0.455 e. The van der Waals surface area contributed by atoms with Gasteiger partial charge in [0.15, 0.2) is 5.76 Å². The number of aryl methyl sites for hydroxylation is 1. The molecule has 1 aromatic carbocycles. The van der Waals surface area contributed by atoms with Crippen LogP contribution in [0.1, 0.15) is 34.7 Å². The van der Waals surface area contributed by atoms with Crippen molar-refractivity contribution in [3.05, 3.63) is 59.7 Å². The molecular formula is C20H21N3O2. The summed E-state index contributed by atoms with van der Waals surface area (Å²) in [6.45, 7) is 4.98. The molecule has 1 amide bonds. The highest BCUT2D eigenvalue weighted by atomic mass is 16.4. The fraction of sp³-hybridized carbons (Fsp3) is 0.300. The molecule has 1 saturated heterocycles. The van der Waals surface area contributed by atoms with Gasteiger partial charge in [0.1, 0.15) is 5.76 Å². The Morgan fingerprint density at radius 3 is 2.88 bits per heavy atom. The van der Waals surface area contributed by atoms with E-state index in [0.717, 1.165) is 47.5 Å². The van der Waals surface area contributed by atoms with E-state index in [1.807, 2.05) is 37.3 Å². The fourth-order valence-electron chi connectivity index (χ4n) is 3.35. The van der Waals surface area contributed by atoms with E-state index in [4.69, 9.17) is 4.42 Å². The second-order valence-corrected chi connectivity index (χ2v) is 6.53. The SMILES string of the molecule is Cc1ccc(NC(=O)c2ccc(CN3CCCC3)o2)c2cccnc12. The van der Waals surface area contributed by atoms with Gasteiger partial charge in [-0.1, -0.05) is 6.07 Å². The molecule has 0 unspecified atom stereocenters. The van der Waals surface area contributed by atoms with Gasteiger partial charge in [-0.2, -0.15) is 0 Å². The van der Waals surface area contributed by atoms with Crippen molar-refractivity contribution in [3.8, 4) is 0 Å². The predicted octanol–water partition coefficient (Wildman–Crippen LogP) is 3.98. The monoisotopic (exact) mass is 335 g/mol. The zero-order chi connectivity index (χ0) is 17.2. The minimum atomic E-state index is -0.235. The van der Waals surface area contributed by atoms with Crippen molar-refractivity contribution in [2.75, 3.05) is 18.4 Å². The highest BCUT2D eigenvalue weighted by Crippen LogP contribution is 2.25. The van der Waals surface area contributed by atoms with Crippen LogP contribution in [-0.4, -0.2) is 28.9 Å². The average molecular weight is 335 g/mol. The van der Waals surface area contributed by atoms with Gasteiger partial charge >= 0.3 is 0 Å². The maximum absolute atomic E-state index is 12.6.